The van der Waals surface area contributed by atoms with Gasteiger partial charge in [0.05, 0.1) is 26.0 Å². The van der Waals surface area contributed by atoms with E-state index in [2.05, 4.69) is 41.4 Å². The van der Waals surface area contributed by atoms with Crippen molar-refractivity contribution in [3.63, 3.8) is 0 Å². The molecule has 0 spiro atoms. The molecule has 1 saturated heterocycles. The first-order chi connectivity index (χ1) is 13.2. The number of ether oxygens (including phenoxy) is 2. The predicted molar refractivity (Wildman–Crippen MR) is 109 cm³/mol. The van der Waals surface area contributed by atoms with Gasteiger partial charge in [0.1, 0.15) is 5.75 Å². The van der Waals surface area contributed by atoms with Gasteiger partial charge in [-0.25, -0.2) is 0 Å². The highest BCUT2D eigenvalue weighted by atomic mass is 16.5. The predicted octanol–water partition coefficient (Wildman–Crippen LogP) is 3.67. The number of morpholine rings is 1. The van der Waals surface area contributed by atoms with Crippen molar-refractivity contribution in [3.05, 3.63) is 53.6 Å². The standard InChI is InChI=1S/C22H28N2O3/c1-3-17-4-6-18(7-5-17)8-11-22(25)23-20-16-19(9-10-21(20)26-2)24-12-14-27-15-13-24/h4-7,9-10,16H,3,8,11-15H2,1-2H3,(H,23,25). The maximum absolute atomic E-state index is 12.5. The minimum absolute atomic E-state index is 0.00741. The van der Waals surface area contributed by atoms with E-state index < -0.39 is 0 Å². The maximum Gasteiger partial charge on any atom is 0.224 e. The molecular weight excluding hydrogens is 340 g/mol. The Morgan fingerprint density at radius 3 is 2.48 bits per heavy atom. The molecule has 1 amide bonds. The Labute approximate surface area is 161 Å². The van der Waals surface area contributed by atoms with Crippen molar-refractivity contribution in [2.45, 2.75) is 26.2 Å². The Bertz CT molecular complexity index is 753. The minimum Gasteiger partial charge on any atom is -0.495 e. The third-order valence-corrected chi connectivity index (χ3v) is 4.91. The van der Waals surface area contributed by atoms with E-state index in [4.69, 9.17) is 9.47 Å². The number of anilines is 2. The number of amides is 1. The summed E-state index contributed by atoms with van der Waals surface area (Å²) in [5, 5.41) is 3.01. The van der Waals surface area contributed by atoms with E-state index in [1.165, 1.54) is 11.1 Å². The Morgan fingerprint density at radius 2 is 1.81 bits per heavy atom. The lowest BCUT2D eigenvalue weighted by atomic mass is 10.1. The summed E-state index contributed by atoms with van der Waals surface area (Å²) in [5.41, 5.74) is 4.28. The van der Waals surface area contributed by atoms with Crippen LogP contribution in [0.3, 0.4) is 0 Å². The van der Waals surface area contributed by atoms with Crippen molar-refractivity contribution in [1.82, 2.24) is 0 Å². The van der Waals surface area contributed by atoms with Crippen molar-refractivity contribution in [2.24, 2.45) is 0 Å². The number of benzene rings is 2. The second-order valence-electron chi connectivity index (χ2n) is 6.70. The molecule has 0 radical (unpaired) electrons. The van der Waals surface area contributed by atoms with Crippen LogP contribution in [0.1, 0.15) is 24.5 Å². The average Bonchev–Trinajstić information content (AvgIpc) is 2.73. The number of nitrogens with zero attached hydrogens (tertiary/aromatic N) is 1. The van der Waals surface area contributed by atoms with Gasteiger partial charge in [-0.05, 0) is 42.2 Å². The van der Waals surface area contributed by atoms with E-state index in [0.29, 0.717) is 17.9 Å². The van der Waals surface area contributed by atoms with Crippen LogP contribution in [0.5, 0.6) is 5.75 Å². The van der Waals surface area contributed by atoms with Crippen LogP contribution < -0.4 is 15.0 Å². The van der Waals surface area contributed by atoms with Gasteiger partial charge in [-0.1, -0.05) is 31.2 Å². The number of aryl methyl sites for hydroxylation is 2. The molecule has 1 N–H and O–H groups in total. The van der Waals surface area contributed by atoms with Gasteiger partial charge in [-0.3, -0.25) is 4.79 Å². The summed E-state index contributed by atoms with van der Waals surface area (Å²) in [6.07, 6.45) is 2.19. The van der Waals surface area contributed by atoms with Crippen molar-refractivity contribution < 1.29 is 14.3 Å². The van der Waals surface area contributed by atoms with Crippen molar-refractivity contribution in [2.75, 3.05) is 43.6 Å². The number of nitrogens with one attached hydrogen (secondary N) is 1. The summed E-state index contributed by atoms with van der Waals surface area (Å²) >= 11 is 0. The molecule has 2 aromatic carbocycles. The van der Waals surface area contributed by atoms with Crippen LogP contribution in [-0.4, -0.2) is 39.3 Å². The fourth-order valence-corrected chi connectivity index (χ4v) is 3.22. The monoisotopic (exact) mass is 368 g/mol. The third kappa shape index (κ3) is 5.23. The van der Waals surface area contributed by atoms with E-state index in [9.17, 15) is 4.79 Å². The third-order valence-electron chi connectivity index (χ3n) is 4.91. The molecule has 1 heterocycles. The molecule has 0 aromatic heterocycles. The van der Waals surface area contributed by atoms with Crippen LogP contribution in [0.25, 0.3) is 0 Å². The van der Waals surface area contributed by atoms with Gasteiger partial charge in [0.2, 0.25) is 5.91 Å². The lowest BCUT2D eigenvalue weighted by Gasteiger charge is -2.29. The quantitative estimate of drug-likeness (QED) is 0.810. The SMILES string of the molecule is CCc1ccc(CCC(=O)Nc2cc(N3CCOCC3)ccc2OC)cc1. The molecule has 1 fully saturated rings. The highest BCUT2D eigenvalue weighted by Gasteiger charge is 2.15. The summed E-state index contributed by atoms with van der Waals surface area (Å²) in [6.45, 7) is 5.30. The van der Waals surface area contributed by atoms with E-state index in [1.807, 2.05) is 18.2 Å². The van der Waals surface area contributed by atoms with E-state index in [1.54, 1.807) is 7.11 Å². The molecule has 0 atom stereocenters. The van der Waals surface area contributed by atoms with Crippen molar-refractivity contribution in [3.8, 4) is 5.75 Å². The van der Waals surface area contributed by atoms with Gasteiger partial charge in [0.15, 0.2) is 0 Å². The first-order valence-corrected chi connectivity index (χ1v) is 9.58. The molecule has 0 unspecified atom stereocenters. The second-order valence-corrected chi connectivity index (χ2v) is 6.70. The first-order valence-electron chi connectivity index (χ1n) is 9.58. The number of methoxy groups -OCH3 is 1. The van der Waals surface area contributed by atoms with E-state index >= 15 is 0 Å². The normalized spacial score (nSPS) is 14.1. The minimum atomic E-state index is -0.00741. The number of carbonyl (C=O) groups is 1. The molecule has 0 saturated carbocycles. The summed E-state index contributed by atoms with van der Waals surface area (Å²) in [4.78, 5) is 14.7. The number of hydrogen-bond acceptors (Lipinski definition) is 4. The number of carbonyl (C=O) groups excluding carboxylic acids is 1. The zero-order valence-corrected chi connectivity index (χ0v) is 16.2. The first kappa shape index (κ1) is 19.2. The molecule has 1 aliphatic rings. The number of hydrogen-bond donors (Lipinski definition) is 1. The Balaban J connectivity index is 1.62. The van der Waals surface area contributed by atoms with Crippen LogP contribution in [0.4, 0.5) is 11.4 Å². The lowest BCUT2D eigenvalue weighted by molar-refractivity contribution is -0.116. The van der Waals surface area contributed by atoms with Gasteiger partial charge in [0, 0.05) is 25.2 Å². The topological polar surface area (TPSA) is 50.8 Å². The zero-order chi connectivity index (χ0) is 19.1. The zero-order valence-electron chi connectivity index (χ0n) is 16.2. The largest absolute Gasteiger partial charge is 0.495 e. The van der Waals surface area contributed by atoms with Crippen LogP contribution >= 0.6 is 0 Å². The molecule has 3 rings (SSSR count). The van der Waals surface area contributed by atoms with E-state index in [0.717, 1.165) is 44.8 Å². The molecular formula is C22H28N2O3. The van der Waals surface area contributed by atoms with Gasteiger partial charge in [-0.2, -0.15) is 0 Å². The van der Waals surface area contributed by atoms with Crippen molar-refractivity contribution in [1.29, 1.82) is 0 Å². The van der Waals surface area contributed by atoms with Crippen LogP contribution in [0, 0.1) is 0 Å². The lowest BCUT2D eigenvalue weighted by Crippen LogP contribution is -2.36. The summed E-state index contributed by atoms with van der Waals surface area (Å²) < 4.78 is 10.8. The van der Waals surface area contributed by atoms with Crippen LogP contribution in [0.2, 0.25) is 0 Å². The highest BCUT2D eigenvalue weighted by Crippen LogP contribution is 2.30. The summed E-state index contributed by atoms with van der Waals surface area (Å²) in [5.74, 6) is 0.666. The molecule has 27 heavy (non-hydrogen) atoms. The van der Waals surface area contributed by atoms with Crippen molar-refractivity contribution >= 4 is 17.3 Å². The Morgan fingerprint density at radius 1 is 1.11 bits per heavy atom. The molecule has 0 aliphatic carbocycles. The van der Waals surface area contributed by atoms with Gasteiger partial charge >= 0.3 is 0 Å². The molecule has 0 bridgehead atoms. The van der Waals surface area contributed by atoms with Crippen LogP contribution in [-0.2, 0) is 22.4 Å². The summed E-state index contributed by atoms with van der Waals surface area (Å²) in [7, 11) is 1.62. The molecule has 1 aliphatic heterocycles. The maximum atomic E-state index is 12.5. The summed E-state index contributed by atoms with van der Waals surface area (Å²) in [6, 6.07) is 14.4. The van der Waals surface area contributed by atoms with E-state index in [-0.39, 0.29) is 5.91 Å². The molecule has 5 heteroatoms. The Hall–Kier alpha value is -2.53. The molecule has 5 nitrogen and oxygen atoms in total. The van der Waals surface area contributed by atoms with Gasteiger partial charge < -0.3 is 19.7 Å². The van der Waals surface area contributed by atoms with Crippen LogP contribution in [0.15, 0.2) is 42.5 Å². The number of rotatable bonds is 7. The molecule has 144 valence electrons. The Kier molecular flexibility index (Phi) is 6.71. The smallest absolute Gasteiger partial charge is 0.224 e. The van der Waals surface area contributed by atoms with Gasteiger partial charge in [-0.15, -0.1) is 0 Å². The molecule has 2 aromatic rings. The fraction of sp³-hybridized carbons (Fsp3) is 0.409. The fourth-order valence-electron chi connectivity index (χ4n) is 3.22. The average molecular weight is 368 g/mol. The van der Waals surface area contributed by atoms with Gasteiger partial charge in [0.25, 0.3) is 0 Å². The highest BCUT2D eigenvalue weighted by molar-refractivity contribution is 5.93. The second kappa shape index (κ2) is 9.42.